The first-order chi connectivity index (χ1) is 12.8. The van der Waals surface area contributed by atoms with E-state index in [1.807, 2.05) is 29.2 Å². The summed E-state index contributed by atoms with van der Waals surface area (Å²) in [4.78, 5) is 18.0. The topological polar surface area (TPSA) is 45.3 Å². The lowest BCUT2D eigenvalue weighted by Crippen LogP contribution is -2.47. The van der Waals surface area contributed by atoms with Crippen molar-refractivity contribution in [1.29, 1.82) is 0 Å². The highest BCUT2D eigenvalue weighted by Gasteiger charge is 2.34. The Hall–Kier alpha value is -2.59. The zero-order valence-corrected chi connectivity index (χ0v) is 15.0. The van der Waals surface area contributed by atoms with Gasteiger partial charge in [0.1, 0.15) is 0 Å². The number of ether oxygens (including phenoxy) is 1. The second-order valence-corrected chi connectivity index (χ2v) is 6.94. The van der Waals surface area contributed by atoms with Crippen LogP contribution in [-0.4, -0.2) is 42.1 Å². The van der Waals surface area contributed by atoms with Gasteiger partial charge in [0, 0.05) is 49.6 Å². The van der Waals surface area contributed by atoms with Crippen LogP contribution < -0.4 is 0 Å². The summed E-state index contributed by atoms with van der Waals surface area (Å²) in [6.07, 6.45) is 3.45. The minimum atomic E-state index is 0.0399. The smallest absolute Gasteiger partial charge is 0.223 e. The summed E-state index contributed by atoms with van der Waals surface area (Å²) in [5.74, 6) is 0.352. The van der Waals surface area contributed by atoms with Gasteiger partial charge >= 0.3 is 0 Å². The third-order valence-electron chi connectivity index (χ3n) is 5.45. The van der Waals surface area contributed by atoms with Gasteiger partial charge in [0.25, 0.3) is 0 Å². The summed E-state index contributed by atoms with van der Waals surface area (Å²) in [5, 5.41) is 1.24. The van der Waals surface area contributed by atoms with Crippen LogP contribution in [0.5, 0.6) is 0 Å². The number of methoxy groups -OCH3 is 1. The molecule has 0 bridgehead atoms. The van der Waals surface area contributed by atoms with Crippen LogP contribution in [0.25, 0.3) is 10.9 Å². The third-order valence-corrected chi connectivity index (χ3v) is 5.45. The minimum Gasteiger partial charge on any atom is -0.379 e. The van der Waals surface area contributed by atoms with E-state index < -0.39 is 0 Å². The standard InChI is InChI=1S/C22H24N2O2/c1-26-21-15-24(22(25)13-19(21)16-7-3-2-4-8-16)12-11-17-14-23-20-10-6-5-9-18(17)20/h2-10,14,19,21,23H,11-13,15H2,1H3. The van der Waals surface area contributed by atoms with E-state index in [2.05, 4.69) is 41.5 Å². The number of aromatic nitrogens is 1. The van der Waals surface area contributed by atoms with Crippen LogP contribution >= 0.6 is 0 Å². The molecule has 4 rings (SSSR count). The zero-order valence-electron chi connectivity index (χ0n) is 15.0. The Morgan fingerprint density at radius 1 is 1.12 bits per heavy atom. The number of H-pyrrole nitrogens is 1. The first-order valence-corrected chi connectivity index (χ1v) is 9.17. The fraction of sp³-hybridized carbons (Fsp3) is 0.318. The van der Waals surface area contributed by atoms with Crippen LogP contribution in [0.4, 0.5) is 0 Å². The summed E-state index contributed by atoms with van der Waals surface area (Å²) in [5.41, 5.74) is 3.59. The van der Waals surface area contributed by atoms with Gasteiger partial charge in [0.05, 0.1) is 6.10 Å². The number of hydrogen-bond acceptors (Lipinski definition) is 2. The summed E-state index contributed by atoms with van der Waals surface area (Å²) in [7, 11) is 1.74. The molecule has 0 spiro atoms. The second-order valence-electron chi connectivity index (χ2n) is 6.94. The average molecular weight is 348 g/mol. The number of carbonyl (C=O) groups excluding carboxylic acids is 1. The Labute approximate surface area is 153 Å². The number of likely N-dealkylation sites (tertiary alicyclic amines) is 1. The molecular weight excluding hydrogens is 324 g/mol. The number of nitrogens with one attached hydrogen (secondary N) is 1. The number of amides is 1. The molecule has 134 valence electrons. The van der Waals surface area contributed by atoms with Gasteiger partial charge in [0.15, 0.2) is 0 Å². The number of para-hydroxylation sites is 1. The molecule has 0 radical (unpaired) electrons. The minimum absolute atomic E-state index is 0.0399. The highest BCUT2D eigenvalue weighted by Crippen LogP contribution is 2.31. The molecule has 4 nitrogen and oxygen atoms in total. The van der Waals surface area contributed by atoms with Crippen LogP contribution in [-0.2, 0) is 16.0 Å². The molecule has 2 atom stereocenters. The summed E-state index contributed by atoms with van der Waals surface area (Å²) < 4.78 is 5.74. The van der Waals surface area contributed by atoms with Crippen LogP contribution in [0.15, 0.2) is 60.8 Å². The maximum Gasteiger partial charge on any atom is 0.223 e. The van der Waals surface area contributed by atoms with E-state index in [1.54, 1.807) is 7.11 Å². The quantitative estimate of drug-likeness (QED) is 0.763. The molecule has 1 aliphatic heterocycles. The third kappa shape index (κ3) is 3.25. The molecule has 1 N–H and O–H groups in total. The predicted molar refractivity (Wildman–Crippen MR) is 103 cm³/mol. The van der Waals surface area contributed by atoms with Gasteiger partial charge in [-0.25, -0.2) is 0 Å². The fourth-order valence-corrected chi connectivity index (χ4v) is 3.98. The molecule has 0 aliphatic carbocycles. The number of hydrogen-bond donors (Lipinski definition) is 1. The lowest BCUT2D eigenvalue weighted by molar-refractivity contribution is -0.138. The van der Waals surface area contributed by atoms with Crippen LogP contribution in [0.1, 0.15) is 23.5 Å². The number of rotatable bonds is 5. The van der Waals surface area contributed by atoms with Crippen LogP contribution in [0, 0.1) is 0 Å². The maximum atomic E-state index is 12.7. The van der Waals surface area contributed by atoms with Gasteiger partial charge in [-0.05, 0) is 23.6 Å². The van der Waals surface area contributed by atoms with Gasteiger partial charge in [-0.3, -0.25) is 4.79 Å². The molecule has 1 amide bonds. The molecule has 4 heteroatoms. The molecule has 1 saturated heterocycles. The normalized spacial score (nSPS) is 20.7. The van der Waals surface area contributed by atoms with Gasteiger partial charge < -0.3 is 14.6 Å². The molecule has 2 unspecified atom stereocenters. The van der Waals surface area contributed by atoms with Crippen molar-refractivity contribution in [1.82, 2.24) is 9.88 Å². The lowest BCUT2D eigenvalue weighted by Gasteiger charge is -2.37. The van der Waals surface area contributed by atoms with Gasteiger partial charge in [0.2, 0.25) is 5.91 Å². The summed E-state index contributed by atoms with van der Waals surface area (Å²) >= 11 is 0. The Kier molecular flexibility index (Phi) is 4.76. The molecule has 26 heavy (non-hydrogen) atoms. The molecule has 0 saturated carbocycles. The number of benzene rings is 2. The van der Waals surface area contributed by atoms with Crippen molar-refractivity contribution in [3.63, 3.8) is 0 Å². The van der Waals surface area contributed by atoms with Crippen molar-refractivity contribution in [3.8, 4) is 0 Å². The predicted octanol–water partition coefficient (Wildman–Crippen LogP) is 3.74. The molecule has 1 aromatic heterocycles. The Morgan fingerprint density at radius 3 is 2.69 bits per heavy atom. The highest BCUT2D eigenvalue weighted by atomic mass is 16.5. The molecule has 2 heterocycles. The maximum absolute atomic E-state index is 12.7. The van der Waals surface area contributed by atoms with E-state index in [4.69, 9.17) is 4.74 Å². The molecule has 1 fully saturated rings. The van der Waals surface area contributed by atoms with E-state index in [9.17, 15) is 4.79 Å². The Morgan fingerprint density at radius 2 is 1.88 bits per heavy atom. The van der Waals surface area contributed by atoms with Crippen LogP contribution in [0.3, 0.4) is 0 Å². The molecule has 2 aromatic carbocycles. The van der Waals surface area contributed by atoms with E-state index in [0.717, 1.165) is 18.5 Å². The largest absolute Gasteiger partial charge is 0.379 e. The van der Waals surface area contributed by atoms with E-state index in [1.165, 1.54) is 16.5 Å². The number of aromatic amines is 1. The van der Waals surface area contributed by atoms with Crippen molar-refractivity contribution in [2.75, 3.05) is 20.2 Å². The Bertz CT molecular complexity index is 887. The van der Waals surface area contributed by atoms with Crippen molar-refractivity contribution in [2.24, 2.45) is 0 Å². The van der Waals surface area contributed by atoms with Gasteiger partial charge in [-0.2, -0.15) is 0 Å². The first-order valence-electron chi connectivity index (χ1n) is 9.17. The lowest BCUT2D eigenvalue weighted by atomic mass is 9.86. The highest BCUT2D eigenvalue weighted by molar-refractivity contribution is 5.83. The number of carbonyl (C=O) groups is 1. The average Bonchev–Trinajstić information content (AvgIpc) is 3.11. The van der Waals surface area contributed by atoms with Crippen molar-refractivity contribution in [2.45, 2.75) is 24.9 Å². The molecule has 3 aromatic rings. The monoisotopic (exact) mass is 348 g/mol. The Balaban J connectivity index is 1.46. The van der Waals surface area contributed by atoms with Crippen LogP contribution in [0.2, 0.25) is 0 Å². The number of piperidine rings is 1. The van der Waals surface area contributed by atoms with E-state index in [0.29, 0.717) is 13.0 Å². The second kappa shape index (κ2) is 7.34. The number of fused-ring (bicyclic) bond motifs is 1. The number of nitrogens with zero attached hydrogens (tertiary/aromatic N) is 1. The van der Waals surface area contributed by atoms with Gasteiger partial charge in [-0.1, -0.05) is 48.5 Å². The van der Waals surface area contributed by atoms with Gasteiger partial charge in [-0.15, -0.1) is 0 Å². The van der Waals surface area contributed by atoms with Crippen molar-refractivity contribution >= 4 is 16.8 Å². The summed E-state index contributed by atoms with van der Waals surface area (Å²) in [6, 6.07) is 18.5. The molecular formula is C22H24N2O2. The zero-order chi connectivity index (χ0) is 17.9. The van der Waals surface area contributed by atoms with E-state index >= 15 is 0 Å². The van der Waals surface area contributed by atoms with E-state index in [-0.39, 0.29) is 17.9 Å². The van der Waals surface area contributed by atoms with Crippen molar-refractivity contribution < 1.29 is 9.53 Å². The molecule has 1 aliphatic rings. The van der Waals surface area contributed by atoms with Crippen molar-refractivity contribution in [3.05, 3.63) is 71.9 Å². The SMILES string of the molecule is COC1CN(CCc2c[nH]c3ccccc23)C(=O)CC1c1ccccc1. The fourth-order valence-electron chi connectivity index (χ4n) is 3.98. The summed E-state index contributed by atoms with van der Waals surface area (Å²) in [6.45, 7) is 1.37. The first kappa shape index (κ1) is 16.9.